The van der Waals surface area contributed by atoms with Crippen molar-refractivity contribution in [1.82, 2.24) is 4.90 Å². The van der Waals surface area contributed by atoms with E-state index in [1.807, 2.05) is 31.2 Å². The van der Waals surface area contributed by atoms with Crippen molar-refractivity contribution in [3.8, 4) is 5.75 Å². The van der Waals surface area contributed by atoms with Crippen molar-refractivity contribution in [2.24, 2.45) is 0 Å². The third-order valence-corrected chi connectivity index (χ3v) is 3.65. The van der Waals surface area contributed by atoms with E-state index in [4.69, 9.17) is 9.47 Å². The smallest absolute Gasteiger partial charge is 0.119 e. The second-order valence-electron chi connectivity index (χ2n) is 5.72. The number of rotatable bonds is 5. The Morgan fingerprint density at radius 2 is 2.05 bits per heavy atom. The third-order valence-electron chi connectivity index (χ3n) is 3.65. The molecule has 0 spiro atoms. The summed E-state index contributed by atoms with van der Waals surface area (Å²) < 4.78 is 11.2. The first-order chi connectivity index (χ1) is 9.54. The summed E-state index contributed by atoms with van der Waals surface area (Å²) >= 11 is 0. The molecule has 112 valence electrons. The van der Waals surface area contributed by atoms with Gasteiger partial charge in [0.05, 0.1) is 12.7 Å². The molecule has 0 saturated carbocycles. The molecule has 3 atom stereocenters. The maximum absolute atomic E-state index is 10.1. The first-order valence-corrected chi connectivity index (χ1v) is 7.28. The van der Waals surface area contributed by atoms with Crippen LogP contribution in [0.2, 0.25) is 0 Å². The average molecular weight is 279 g/mol. The molecule has 4 nitrogen and oxygen atoms in total. The lowest BCUT2D eigenvalue weighted by Gasteiger charge is -2.37. The summed E-state index contributed by atoms with van der Waals surface area (Å²) in [7, 11) is 0. The molecular weight excluding hydrogens is 254 g/mol. The van der Waals surface area contributed by atoms with E-state index >= 15 is 0 Å². The van der Waals surface area contributed by atoms with Gasteiger partial charge in [0.2, 0.25) is 0 Å². The number of aliphatic hydroxyl groups excluding tert-OH is 1. The van der Waals surface area contributed by atoms with Gasteiger partial charge in [-0.3, -0.25) is 4.90 Å². The maximum Gasteiger partial charge on any atom is 0.119 e. The molecule has 1 N–H and O–H groups in total. The molecule has 1 fully saturated rings. The van der Waals surface area contributed by atoms with Crippen LogP contribution in [0, 0.1) is 6.92 Å². The van der Waals surface area contributed by atoms with Crippen molar-refractivity contribution in [1.29, 1.82) is 0 Å². The highest BCUT2D eigenvalue weighted by molar-refractivity contribution is 5.26. The van der Waals surface area contributed by atoms with Crippen molar-refractivity contribution in [3.05, 3.63) is 29.8 Å². The van der Waals surface area contributed by atoms with Crippen molar-refractivity contribution >= 4 is 0 Å². The van der Waals surface area contributed by atoms with Gasteiger partial charge in [0.1, 0.15) is 18.5 Å². The van der Waals surface area contributed by atoms with Crippen LogP contribution in [0.1, 0.15) is 19.4 Å². The number of ether oxygens (including phenoxy) is 2. The predicted octanol–water partition coefficient (Wildman–Crippen LogP) is 1.84. The van der Waals surface area contributed by atoms with Crippen LogP contribution >= 0.6 is 0 Å². The number of nitrogens with zero attached hydrogens (tertiary/aromatic N) is 1. The third kappa shape index (κ3) is 4.47. The topological polar surface area (TPSA) is 41.9 Å². The number of hydrogen-bond acceptors (Lipinski definition) is 4. The molecule has 0 aromatic heterocycles. The van der Waals surface area contributed by atoms with Gasteiger partial charge in [0.25, 0.3) is 0 Å². The second-order valence-corrected chi connectivity index (χ2v) is 5.72. The van der Waals surface area contributed by atoms with E-state index < -0.39 is 6.10 Å². The fourth-order valence-electron chi connectivity index (χ4n) is 2.38. The Hall–Kier alpha value is -1.10. The van der Waals surface area contributed by atoms with Crippen LogP contribution in [0.15, 0.2) is 24.3 Å². The Balaban J connectivity index is 1.77. The minimum atomic E-state index is -0.482. The van der Waals surface area contributed by atoms with Gasteiger partial charge in [-0.05, 0) is 32.9 Å². The summed E-state index contributed by atoms with van der Waals surface area (Å²) in [6, 6.07) is 8.23. The SMILES string of the molecule is Cc1ccc(OCC(O)CN2CC(C)OCC2C)cc1. The van der Waals surface area contributed by atoms with Crippen molar-refractivity contribution in [2.75, 3.05) is 26.3 Å². The average Bonchev–Trinajstić information content (AvgIpc) is 2.42. The lowest BCUT2D eigenvalue weighted by Crippen LogP contribution is -2.50. The lowest BCUT2D eigenvalue weighted by atomic mass is 10.2. The molecule has 0 bridgehead atoms. The van der Waals surface area contributed by atoms with Crippen LogP contribution in [0.3, 0.4) is 0 Å². The summed E-state index contributed by atoms with van der Waals surface area (Å²) in [5.74, 6) is 0.804. The molecule has 3 unspecified atom stereocenters. The van der Waals surface area contributed by atoms with Gasteiger partial charge in [-0.1, -0.05) is 17.7 Å². The first-order valence-electron chi connectivity index (χ1n) is 7.28. The van der Waals surface area contributed by atoms with E-state index in [0.29, 0.717) is 19.2 Å². The molecule has 0 radical (unpaired) electrons. The Morgan fingerprint density at radius 3 is 2.75 bits per heavy atom. The molecule has 1 aliphatic heterocycles. The largest absolute Gasteiger partial charge is 0.491 e. The predicted molar refractivity (Wildman–Crippen MR) is 79.1 cm³/mol. The highest BCUT2D eigenvalue weighted by atomic mass is 16.5. The Bertz CT molecular complexity index is 407. The van der Waals surface area contributed by atoms with Crippen LogP contribution in [0.4, 0.5) is 0 Å². The van der Waals surface area contributed by atoms with E-state index in [2.05, 4.69) is 18.7 Å². The zero-order valence-corrected chi connectivity index (χ0v) is 12.6. The molecule has 0 amide bonds. The maximum atomic E-state index is 10.1. The lowest BCUT2D eigenvalue weighted by molar-refractivity contribution is -0.0650. The van der Waals surface area contributed by atoms with Crippen molar-refractivity contribution < 1.29 is 14.6 Å². The zero-order chi connectivity index (χ0) is 14.5. The molecule has 0 aliphatic carbocycles. The molecule has 1 saturated heterocycles. The van der Waals surface area contributed by atoms with Crippen LogP contribution in [0.25, 0.3) is 0 Å². The fraction of sp³-hybridized carbons (Fsp3) is 0.625. The number of β-amino-alcohol motifs (C(OH)–C–C–N with tert-alkyl or cyclic N) is 1. The molecular formula is C16H25NO3. The van der Waals surface area contributed by atoms with Gasteiger partial charge in [-0.2, -0.15) is 0 Å². The summed E-state index contributed by atoms with van der Waals surface area (Å²) in [5.41, 5.74) is 1.20. The van der Waals surface area contributed by atoms with Crippen molar-refractivity contribution in [3.63, 3.8) is 0 Å². The van der Waals surface area contributed by atoms with Crippen LogP contribution in [0.5, 0.6) is 5.75 Å². The zero-order valence-electron chi connectivity index (χ0n) is 12.6. The van der Waals surface area contributed by atoms with Crippen LogP contribution in [-0.4, -0.2) is 54.6 Å². The van der Waals surface area contributed by atoms with E-state index in [1.54, 1.807) is 0 Å². The van der Waals surface area contributed by atoms with Gasteiger partial charge < -0.3 is 14.6 Å². The Kier molecular flexibility index (Phi) is 5.40. The number of aryl methyl sites for hydroxylation is 1. The normalized spacial score (nSPS) is 25.4. The van der Waals surface area contributed by atoms with Gasteiger partial charge in [-0.15, -0.1) is 0 Å². The molecule has 1 heterocycles. The van der Waals surface area contributed by atoms with Gasteiger partial charge >= 0.3 is 0 Å². The van der Waals surface area contributed by atoms with Crippen LogP contribution in [-0.2, 0) is 4.74 Å². The summed E-state index contributed by atoms with van der Waals surface area (Å²) in [5, 5.41) is 10.1. The summed E-state index contributed by atoms with van der Waals surface area (Å²) in [6.07, 6.45) is -0.250. The minimum absolute atomic E-state index is 0.233. The van der Waals surface area contributed by atoms with E-state index in [0.717, 1.165) is 18.9 Å². The standard InChI is InChI=1S/C16H25NO3/c1-12-4-6-16(7-5-12)20-11-15(18)9-17-8-14(3)19-10-13(17)2/h4-7,13-15,18H,8-11H2,1-3H3. The highest BCUT2D eigenvalue weighted by Gasteiger charge is 2.25. The first kappa shape index (κ1) is 15.3. The molecule has 4 heteroatoms. The number of hydrogen-bond donors (Lipinski definition) is 1. The molecule has 1 aromatic carbocycles. The second kappa shape index (κ2) is 7.07. The Morgan fingerprint density at radius 1 is 1.35 bits per heavy atom. The molecule has 2 rings (SSSR count). The Labute approximate surface area is 121 Å². The van der Waals surface area contributed by atoms with Gasteiger partial charge in [0.15, 0.2) is 0 Å². The minimum Gasteiger partial charge on any atom is -0.491 e. The van der Waals surface area contributed by atoms with Gasteiger partial charge in [-0.25, -0.2) is 0 Å². The highest BCUT2D eigenvalue weighted by Crippen LogP contribution is 2.14. The van der Waals surface area contributed by atoms with Gasteiger partial charge in [0, 0.05) is 19.1 Å². The summed E-state index contributed by atoms with van der Waals surface area (Å²) in [6.45, 7) is 8.77. The van der Waals surface area contributed by atoms with Crippen LogP contribution < -0.4 is 4.74 Å². The molecule has 20 heavy (non-hydrogen) atoms. The summed E-state index contributed by atoms with van der Waals surface area (Å²) in [4.78, 5) is 2.26. The van der Waals surface area contributed by atoms with E-state index in [-0.39, 0.29) is 6.10 Å². The number of benzene rings is 1. The molecule has 1 aromatic rings. The van der Waals surface area contributed by atoms with Crippen molar-refractivity contribution in [2.45, 2.75) is 39.0 Å². The number of aliphatic hydroxyl groups is 1. The molecule has 1 aliphatic rings. The number of morpholine rings is 1. The monoisotopic (exact) mass is 279 g/mol. The van der Waals surface area contributed by atoms with E-state index in [9.17, 15) is 5.11 Å². The quantitative estimate of drug-likeness (QED) is 0.893. The fourth-order valence-corrected chi connectivity index (χ4v) is 2.38. The van der Waals surface area contributed by atoms with E-state index in [1.165, 1.54) is 5.56 Å².